The van der Waals surface area contributed by atoms with E-state index in [1.54, 1.807) is 0 Å². The van der Waals surface area contributed by atoms with Crippen LogP contribution in [0.15, 0.2) is 0 Å². The Morgan fingerprint density at radius 1 is 0.750 bits per heavy atom. The van der Waals surface area contributed by atoms with Crippen molar-refractivity contribution in [1.82, 2.24) is 0 Å². The van der Waals surface area contributed by atoms with Gasteiger partial charge in [0.25, 0.3) is 0 Å². The van der Waals surface area contributed by atoms with Gasteiger partial charge in [-0.15, -0.1) is 0 Å². The fourth-order valence-electron chi connectivity index (χ4n) is 0.102. The molecule has 2 N–H and O–H groups in total. The van der Waals surface area contributed by atoms with Gasteiger partial charge in [-0.05, 0) is 0 Å². The summed E-state index contributed by atoms with van der Waals surface area (Å²) >= 11 is -17.4. The van der Waals surface area contributed by atoms with Crippen LogP contribution in [0.3, 0.4) is 0 Å². The Labute approximate surface area is 181 Å². The molecule has 0 spiro atoms. The molecule has 0 radical (unpaired) electrons. The van der Waals surface area contributed by atoms with Gasteiger partial charge in [0.15, 0.2) is 0 Å². The summed E-state index contributed by atoms with van der Waals surface area (Å²) in [5.41, 5.74) is 0. The van der Waals surface area contributed by atoms with Crippen molar-refractivity contribution in [2.24, 2.45) is 0 Å². The van der Waals surface area contributed by atoms with Crippen LogP contribution in [0.4, 0.5) is 0 Å². The van der Waals surface area contributed by atoms with Crippen molar-refractivity contribution < 1.29 is 186 Å². The van der Waals surface area contributed by atoms with Gasteiger partial charge in [-0.1, -0.05) is 0 Å². The Balaban J connectivity index is -0.0000000904. The van der Waals surface area contributed by atoms with Crippen molar-refractivity contribution in [2.45, 2.75) is 0 Å². The van der Waals surface area contributed by atoms with Crippen LogP contribution >= 0.6 is 0 Å². The van der Waals surface area contributed by atoms with E-state index in [4.69, 9.17) is 15.9 Å². The average molecular weight is 412 g/mol. The van der Waals surface area contributed by atoms with Crippen molar-refractivity contribution in [1.29, 1.82) is 0 Å². The van der Waals surface area contributed by atoms with E-state index in [1.165, 1.54) is 0 Å². The number of rotatable bonds is 2. The predicted octanol–water partition coefficient (Wildman–Crippen LogP) is -10.3. The van der Waals surface area contributed by atoms with Gasteiger partial charge in [0, 0.05) is 0 Å². The van der Waals surface area contributed by atoms with Gasteiger partial charge in [-0.3, -0.25) is 0 Å². The van der Waals surface area contributed by atoms with Crippen LogP contribution in [0.1, 0.15) is 0 Å². The molecular formula is H2Cr3K2O11. The van der Waals surface area contributed by atoms with Crippen molar-refractivity contribution in [3.63, 3.8) is 0 Å². The molecule has 0 atom stereocenters. The zero-order valence-corrected chi connectivity index (χ0v) is 17.9. The van der Waals surface area contributed by atoms with Gasteiger partial charge in [0.1, 0.15) is 0 Å². The molecule has 0 aliphatic rings. The zero-order valence-electron chi connectivity index (χ0n) is 7.79. The van der Waals surface area contributed by atoms with E-state index in [2.05, 4.69) is 2.84 Å². The second-order valence-corrected chi connectivity index (χ2v) is 6.37. The molecule has 0 saturated carbocycles. The number of hydrogen-bond acceptors (Lipinski definition) is 9. The molecule has 0 bridgehead atoms. The van der Waals surface area contributed by atoms with Crippen molar-refractivity contribution in [3.8, 4) is 0 Å². The van der Waals surface area contributed by atoms with Crippen LogP contribution in [0, 0.1) is 0 Å². The maximum atomic E-state index is 9.38. The van der Waals surface area contributed by atoms with E-state index in [1.807, 2.05) is 0 Å². The number of hydrogen-bond donors (Lipinski definition) is 2. The summed E-state index contributed by atoms with van der Waals surface area (Å²) in [5, 5.41) is 0. The van der Waals surface area contributed by atoms with E-state index in [9.17, 15) is 23.5 Å². The molecule has 0 aromatic rings. The fourth-order valence-corrected chi connectivity index (χ4v) is 1.74. The van der Waals surface area contributed by atoms with Crippen LogP contribution < -0.4 is 111 Å². The summed E-state index contributed by atoms with van der Waals surface area (Å²) in [5.74, 6) is 0. The van der Waals surface area contributed by atoms with E-state index >= 15 is 0 Å². The molecule has 16 heteroatoms. The van der Waals surface area contributed by atoms with Crippen molar-refractivity contribution >= 4 is 0 Å². The minimum absolute atomic E-state index is 0. The van der Waals surface area contributed by atoms with E-state index < -0.39 is 40.8 Å². The molecule has 88 valence electrons. The van der Waals surface area contributed by atoms with Crippen LogP contribution in [0.25, 0.3) is 0 Å². The van der Waals surface area contributed by atoms with Gasteiger partial charge < -0.3 is 0 Å². The molecule has 0 heterocycles. The Morgan fingerprint density at radius 2 is 0.875 bits per heavy atom. The molecule has 16 heavy (non-hydrogen) atoms. The molecule has 0 unspecified atom stereocenters. The van der Waals surface area contributed by atoms with E-state index in [-0.39, 0.29) is 103 Å². The summed E-state index contributed by atoms with van der Waals surface area (Å²) in [4.78, 5) is 0. The van der Waals surface area contributed by atoms with Gasteiger partial charge in [-0.2, -0.15) is 0 Å². The van der Waals surface area contributed by atoms with Gasteiger partial charge >= 0.3 is 186 Å². The first-order valence-corrected chi connectivity index (χ1v) is 8.38. The van der Waals surface area contributed by atoms with E-state index in [0.29, 0.717) is 0 Å². The second kappa shape index (κ2) is 11.2. The molecule has 0 aromatic heterocycles. The van der Waals surface area contributed by atoms with Gasteiger partial charge in [0.2, 0.25) is 0 Å². The van der Waals surface area contributed by atoms with Gasteiger partial charge in [0.05, 0.1) is 0 Å². The van der Waals surface area contributed by atoms with Crippen molar-refractivity contribution in [3.05, 3.63) is 0 Å². The average Bonchev–Trinajstić information content (AvgIpc) is 1.42. The third kappa shape index (κ3) is 52.8. The summed E-state index contributed by atoms with van der Waals surface area (Å²) in [6.45, 7) is 0. The van der Waals surface area contributed by atoms with Crippen LogP contribution in [-0.4, -0.2) is 8.32 Å². The van der Waals surface area contributed by atoms with Crippen LogP contribution in [0.2, 0.25) is 0 Å². The monoisotopic (exact) mass is 412 g/mol. The molecule has 11 nitrogen and oxygen atoms in total. The third-order valence-corrected chi connectivity index (χ3v) is 2.83. The summed E-state index contributed by atoms with van der Waals surface area (Å²) in [7, 11) is 0. The summed E-state index contributed by atoms with van der Waals surface area (Å²) in [6, 6.07) is 0. The van der Waals surface area contributed by atoms with Crippen LogP contribution in [0.5, 0.6) is 0 Å². The molecule has 0 aromatic carbocycles. The third-order valence-electron chi connectivity index (χ3n) is 0.167. The summed E-state index contributed by atoms with van der Waals surface area (Å²) < 4.78 is 90.8. The Hall–Kier alpha value is 3.47. The first-order chi connectivity index (χ1) is 5.71. The Kier molecular flexibility index (Phi) is 19.4. The zero-order chi connectivity index (χ0) is 12.2. The fraction of sp³-hybridized carbons (Fsp3) is 0. The van der Waals surface area contributed by atoms with Gasteiger partial charge in [-0.25, -0.2) is 0 Å². The molecule has 0 saturated heterocycles. The van der Waals surface area contributed by atoms with Crippen molar-refractivity contribution in [2.75, 3.05) is 0 Å². The molecular weight excluding hydrogens is 410 g/mol. The molecule has 0 aliphatic carbocycles. The van der Waals surface area contributed by atoms with Crippen LogP contribution in [-0.2, 0) is 66.5 Å². The molecule has 0 amide bonds. The quantitative estimate of drug-likeness (QED) is 0.408. The SMILES string of the molecule is [K+].[K+].[O]=[Cr](=[O])([O-])[O][Cr](=[O])(=[O])[O-].[O]=[Cr](=[O])([OH])[OH]. The maximum absolute atomic E-state index is 9.38. The molecule has 0 rings (SSSR count). The Morgan fingerprint density at radius 3 is 0.875 bits per heavy atom. The topological polar surface area (TPSA) is 198 Å². The second-order valence-electron chi connectivity index (χ2n) is 1.33. The first-order valence-electron chi connectivity index (χ1n) is 2.03. The van der Waals surface area contributed by atoms with E-state index in [0.717, 1.165) is 0 Å². The predicted molar refractivity (Wildman–Crippen MR) is 9.64 cm³/mol. The summed E-state index contributed by atoms with van der Waals surface area (Å²) in [6.07, 6.45) is 0. The molecule has 0 aliphatic heterocycles. The molecule has 0 fully saturated rings. The first kappa shape index (κ1) is 27.8. The minimum atomic E-state index is -6.07. The standard InChI is InChI=1S/3Cr.2K.2H2O.9O/h;;;;;2*1H2;;;;;;;;;/q;;+2;2*+1;;;;;;;;;;2*-1/p-2. The normalized spacial score (nSPS) is 11.2. The Bertz CT molecular complexity index is 411.